The summed E-state index contributed by atoms with van der Waals surface area (Å²) in [6, 6.07) is 0. The summed E-state index contributed by atoms with van der Waals surface area (Å²) < 4.78 is 30.6. The van der Waals surface area contributed by atoms with Crippen LogP contribution in [0.2, 0.25) is 5.28 Å². The second-order valence-corrected chi connectivity index (χ2v) is 5.78. The molecule has 1 rings (SSSR count). The highest BCUT2D eigenvalue weighted by Gasteiger charge is 2.15. The third-order valence-corrected chi connectivity index (χ3v) is 3.79. The molecule has 1 amide bonds. The van der Waals surface area contributed by atoms with E-state index in [9.17, 15) is 13.2 Å². The smallest absolute Gasteiger partial charge is 0.243 e. The number of rotatable bonds is 8. The molecule has 112 valence electrons. The summed E-state index contributed by atoms with van der Waals surface area (Å²) in [4.78, 5) is 18.4. The fraction of sp³-hybridized carbons (Fsp3) is 0.500. The topological polar surface area (TPSA) is 110 Å². The van der Waals surface area contributed by atoms with Crippen LogP contribution in [-0.4, -0.2) is 51.1 Å². The van der Waals surface area contributed by atoms with E-state index in [2.05, 4.69) is 20.0 Å². The molecule has 1 aromatic rings. The van der Waals surface area contributed by atoms with Gasteiger partial charge in [-0.1, -0.05) is 0 Å². The number of hydrogen-bond donors (Lipinski definition) is 2. The number of carbonyl (C=O) groups excluding carboxylic acids is 1. The number of halogens is 1. The van der Waals surface area contributed by atoms with Gasteiger partial charge in [-0.2, -0.15) is 0 Å². The number of hydrogen-bond acceptors (Lipinski definition) is 6. The van der Waals surface area contributed by atoms with E-state index in [1.54, 1.807) is 0 Å². The molecule has 0 bridgehead atoms. The summed E-state index contributed by atoms with van der Waals surface area (Å²) in [5.74, 6) is -0.267. The van der Waals surface area contributed by atoms with Crippen molar-refractivity contribution in [1.82, 2.24) is 20.0 Å². The van der Waals surface area contributed by atoms with Crippen LogP contribution in [0, 0.1) is 0 Å². The van der Waals surface area contributed by atoms with Crippen molar-refractivity contribution >= 4 is 27.5 Å². The van der Waals surface area contributed by atoms with E-state index in [1.165, 1.54) is 7.11 Å². The van der Waals surface area contributed by atoms with E-state index < -0.39 is 10.0 Å². The van der Waals surface area contributed by atoms with Gasteiger partial charge in [0.15, 0.2) is 0 Å². The van der Waals surface area contributed by atoms with E-state index in [-0.39, 0.29) is 29.1 Å². The highest BCUT2D eigenvalue weighted by molar-refractivity contribution is 7.89. The Balaban J connectivity index is 2.40. The number of nitrogens with one attached hydrogen (secondary N) is 2. The lowest BCUT2D eigenvalue weighted by Gasteiger charge is -2.07. The number of ether oxygens (including phenoxy) is 1. The zero-order valence-corrected chi connectivity index (χ0v) is 12.4. The molecule has 20 heavy (non-hydrogen) atoms. The predicted octanol–water partition coefficient (Wildman–Crippen LogP) is -0.439. The minimum Gasteiger partial charge on any atom is -0.383 e. The highest BCUT2D eigenvalue weighted by atomic mass is 35.5. The van der Waals surface area contributed by atoms with Crippen LogP contribution < -0.4 is 10.0 Å². The predicted molar refractivity (Wildman–Crippen MR) is 71.7 cm³/mol. The Morgan fingerprint density at radius 3 is 2.60 bits per heavy atom. The molecule has 0 spiro atoms. The van der Waals surface area contributed by atoms with Crippen LogP contribution in [0.15, 0.2) is 17.3 Å². The molecule has 0 saturated carbocycles. The summed E-state index contributed by atoms with van der Waals surface area (Å²) in [6.07, 6.45) is 2.21. The van der Waals surface area contributed by atoms with Crippen LogP contribution in [0.4, 0.5) is 0 Å². The van der Waals surface area contributed by atoms with Crippen LogP contribution in [-0.2, 0) is 19.6 Å². The van der Waals surface area contributed by atoms with E-state index in [4.69, 9.17) is 16.3 Å². The number of aromatic nitrogens is 2. The molecule has 0 atom stereocenters. The molecule has 1 aromatic heterocycles. The second-order valence-electron chi connectivity index (χ2n) is 3.68. The Labute approximate surface area is 121 Å². The number of methoxy groups -OCH3 is 1. The van der Waals surface area contributed by atoms with Crippen molar-refractivity contribution in [3.63, 3.8) is 0 Å². The summed E-state index contributed by atoms with van der Waals surface area (Å²) in [6.45, 7) is 0.760. The van der Waals surface area contributed by atoms with Crippen LogP contribution >= 0.6 is 11.6 Å². The third kappa shape index (κ3) is 5.78. The van der Waals surface area contributed by atoms with Crippen molar-refractivity contribution in [3.8, 4) is 0 Å². The summed E-state index contributed by atoms with van der Waals surface area (Å²) >= 11 is 5.47. The molecule has 8 nitrogen and oxygen atoms in total. The van der Waals surface area contributed by atoms with Gasteiger partial charge >= 0.3 is 0 Å². The molecule has 0 radical (unpaired) electrons. The first-order chi connectivity index (χ1) is 9.45. The minimum atomic E-state index is -3.74. The van der Waals surface area contributed by atoms with Gasteiger partial charge in [-0.15, -0.1) is 0 Å². The molecular weight excluding hydrogens is 308 g/mol. The van der Waals surface area contributed by atoms with Gasteiger partial charge in [0, 0.05) is 26.6 Å². The maximum Gasteiger partial charge on any atom is 0.243 e. The average molecular weight is 323 g/mol. The molecule has 0 aliphatic heterocycles. The highest BCUT2D eigenvalue weighted by Crippen LogP contribution is 2.07. The fourth-order valence-electron chi connectivity index (χ4n) is 1.20. The zero-order valence-electron chi connectivity index (χ0n) is 10.8. The zero-order chi connectivity index (χ0) is 15.0. The summed E-state index contributed by atoms with van der Waals surface area (Å²) in [7, 11) is -2.21. The SMILES string of the molecule is COCCNC(=O)CCNS(=O)(=O)c1cnc(Cl)nc1. The minimum absolute atomic E-state index is 0.0240. The van der Waals surface area contributed by atoms with Crippen LogP contribution in [0.5, 0.6) is 0 Å². The second kappa shape index (κ2) is 8.10. The molecule has 0 fully saturated rings. The van der Waals surface area contributed by atoms with Crippen molar-refractivity contribution in [2.45, 2.75) is 11.3 Å². The van der Waals surface area contributed by atoms with E-state index in [1.807, 2.05) is 0 Å². The summed E-state index contributed by atoms with van der Waals surface area (Å²) in [5, 5.41) is 2.54. The van der Waals surface area contributed by atoms with Gasteiger partial charge in [0.1, 0.15) is 4.90 Å². The third-order valence-electron chi connectivity index (χ3n) is 2.18. The van der Waals surface area contributed by atoms with E-state index >= 15 is 0 Å². The largest absolute Gasteiger partial charge is 0.383 e. The van der Waals surface area contributed by atoms with Gasteiger partial charge in [-0.05, 0) is 11.6 Å². The Bertz CT molecular complexity index is 535. The Hall–Kier alpha value is -1.29. The molecule has 1 heterocycles. The van der Waals surface area contributed by atoms with Gasteiger partial charge in [0.25, 0.3) is 0 Å². The normalized spacial score (nSPS) is 11.3. The van der Waals surface area contributed by atoms with Gasteiger partial charge in [-0.25, -0.2) is 23.1 Å². The van der Waals surface area contributed by atoms with Crippen LogP contribution in [0.3, 0.4) is 0 Å². The maximum absolute atomic E-state index is 11.8. The Morgan fingerprint density at radius 1 is 1.35 bits per heavy atom. The molecule has 0 aliphatic carbocycles. The lowest BCUT2D eigenvalue weighted by atomic mass is 10.4. The first-order valence-corrected chi connectivity index (χ1v) is 7.54. The first-order valence-electron chi connectivity index (χ1n) is 5.68. The molecule has 2 N–H and O–H groups in total. The average Bonchev–Trinajstić information content (AvgIpc) is 2.39. The Morgan fingerprint density at radius 2 is 2.00 bits per heavy atom. The first kappa shape index (κ1) is 16.8. The van der Waals surface area contributed by atoms with Crippen molar-refractivity contribution in [1.29, 1.82) is 0 Å². The molecule has 10 heteroatoms. The van der Waals surface area contributed by atoms with Crippen molar-refractivity contribution in [2.24, 2.45) is 0 Å². The van der Waals surface area contributed by atoms with Gasteiger partial charge in [0.05, 0.1) is 19.0 Å². The monoisotopic (exact) mass is 322 g/mol. The van der Waals surface area contributed by atoms with Crippen LogP contribution in [0.1, 0.15) is 6.42 Å². The molecular formula is C10H15ClN4O4S. The quantitative estimate of drug-likeness (QED) is 0.496. The lowest BCUT2D eigenvalue weighted by molar-refractivity contribution is -0.121. The van der Waals surface area contributed by atoms with Gasteiger partial charge < -0.3 is 10.1 Å². The number of sulfonamides is 1. The van der Waals surface area contributed by atoms with Crippen LogP contribution in [0.25, 0.3) is 0 Å². The van der Waals surface area contributed by atoms with Gasteiger partial charge in [-0.3, -0.25) is 4.79 Å². The van der Waals surface area contributed by atoms with Crippen molar-refractivity contribution in [3.05, 3.63) is 17.7 Å². The summed E-state index contributed by atoms with van der Waals surface area (Å²) in [5.41, 5.74) is 0. The number of nitrogens with zero attached hydrogens (tertiary/aromatic N) is 2. The van der Waals surface area contributed by atoms with E-state index in [0.29, 0.717) is 13.2 Å². The Kier molecular flexibility index (Phi) is 6.79. The molecule has 0 aromatic carbocycles. The lowest BCUT2D eigenvalue weighted by Crippen LogP contribution is -2.32. The molecule has 0 aliphatic rings. The maximum atomic E-state index is 11.8. The van der Waals surface area contributed by atoms with Crippen molar-refractivity contribution < 1.29 is 17.9 Å². The van der Waals surface area contributed by atoms with Gasteiger partial charge in [0.2, 0.25) is 21.2 Å². The van der Waals surface area contributed by atoms with Crippen molar-refractivity contribution in [2.75, 3.05) is 26.8 Å². The fourth-order valence-corrected chi connectivity index (χ4v) is 2.22. The van der Waals surface area contributed by atoms with E-state index in [0.717, 1.165) is 12.4 Å². The number of amides is 1. The standard InChI is InChI=1S/C10H15ClN4O4S/c1-19-5-4-12-9(16)2-3-15-20(17,18)8-6-13-10(11)14-7-8/h6-7,15H,2-5H2,1H3,(H,12,16). The number of carbonyl (C=O) groups is 1. The molecule has 0 unspecified atom stereocenters. The molecule has 0 saturated heterocycles.